The Hall–Kier alpha value is -1.51. The summed E-state index contributed by atoms with van der Waals surface area (Å²) in [7, 11) is 0. The van der Waals surface area contributed by atoms with Crippen LogP contribution in [0.3, 0.4) is 0 Å². The molecule has 2 rings (SSSR count). The van der Waals surface area contributed by atoms with Gasteiger partial charge in [-0.1, -0.05) is 41.9 Å². The molecule has 0 aliphatic rings. The first-order chi connectivity index (χ1) is 8.72. The van der Waals surface area contributed by atoms with Gasteiger partial charge in [0, 0.05) is 10.6 Å². The number of benzene rings is 2. The van der Waals surface area contributed by atoms with Gasteiger partial charge in [0.05, 0.1) is 6.61 Å². The van der Waals surface area contributed by atoms with Crippen LogP contribution in [0.1, 0.15) is 16.7 Å². The Bertz CT molecular complexity index is 538. The molecular weight excluding hydrogens is 248 g/mol. The first kappa shape index (κ1) is 12.9. The standard InChI is InChI=1S/C15H15ClO2/c1-11-5-2-3-6-12(11)10-18-15-8-4-7-14(16)13(15)9-17/h2-8,17H,9-10H2,1H3. The molecule has 0 aromatic heterocycles. The molecule has 2 aromatic rings. The Morgan fingerprint density at radius 1 is 1.11 bits per heavy atom. The molecule has 18 heavy (non-hydrogen) atoms. The highest BCUT2D eigenvalue weighted by atomic mass is 35.5. The summed E-state index contributed by atoms with van der Waals surface area (Å²) < 4.78 is 5.73. The minimum Gasteiger partial charge on any atom is -0.488 e. The van der Waals surface area contributed by atoms with Gasteiger partial charge in [-0.05, 0) is 30.2 Å². The summed E-state index contributed by atoms with van der Waals surface area (Å²) >= 11 is 6.00. The maximum atomic E-state index is 9.29. The summed E-state index contributed by atoms with van der Waals surface area (Å²) in [6, 6.07) is 13.4. The minimum atomic E-state index is -0.122. The summed E-state index contributed by atoms with van der Waals surface area (Å²) in [5.74, 6) is 0.633. The molecule has 1 N–H and O–H groups in total. The molecule has 0 saturated carbocycles. The number of hydrogen-bond donors (Lipinski definition) is 1. The molecular formula is C15H15ClO2. The first-order valence-corrected chi connectivity index (χ1v) is 6.15. The van der Waals surface area contributed by atoms with Crippen LogP contribution in [-0.4, -0.2) is 5.11 Å². The third kappa shape index (κ3) is 2.84. The largest absolute Gasteiger partial charge is 0.488 e. The molecule has 0 unspecified atom stereocenters. The van der Waals surface area contributed by atoms with Crippen LogP contribution in [0.5, 0.6) is 5.75 Å². The van der Waals surface area contributed by atoms with Crippen LogP contribution >= 0.6 is 11.6 Å². The average Bonchev–Trinajstić information content (AvgIpc) is 2.38. The predicted molar refractivity (Wildman–Crippen MR) is 72.9 cm³/mol. The van der Waals surface area contributed by atoms with Gasteiger partial charge < -0.3 is 9.84 Å². The number of halogens is 1. The van der Waals surface area contributed by atoms with Crippen LogP contribution < -0.4 is 4.74 Å². The van der Waals surface area contributed by atoms with Crippen LogP contribution in [0.15, 0.2) is 42.5 Å². The maximum Gasteiger partial charge on any atom is 0.126 e. The fraction of sp³-hybridized carbons (Fsp3) is 0.200. The molecule has 94 valence electrons. The molecule has 2 aromatic carbocycles. The van der Waals surface area contributed by atoms with E-state index in [-0.39, 0.29) is 6.61 Å². The molecule has 0 saturated heterocycles. The van der Waals surface area contributed by atoms with Gasteiger partial charge in [0.2, 0.25) is 0 Å². The Morgan fingerprint density at radius 2 is 1.89 bits per heavy atom. The quantitative estimate of drug-likeness (QED) is 0.910. The van der Waals surface area contributed by atoms with E-state index >= 15 is 0 Å². The Kier molecular flexibility index (Phi) is 4.24. The normalized spacial score (nSPS) is 10.4. The van der Waals surface area contributed by atoms with Crippen molar-refractivity contribution in [2.45, 2.75) is 20.1 Å². The van der Waals surface area contributed by atoms with Crippen molar-refractivity contribution in [1.82, 2.24) is 0 Å². The van der Waals surface area contributed by atoms with Gasteiger partial charge in [-0.2, -0.15) is 0 Å². The van der Waals surface area contributed by atoms with Crippen molar-refractivity contribution < 1.29 is 9.84 Å². The Morgan fingerprint density at radius 3 is 2.61 bits per heavy atom. The van der Waals surface area contributed by atoms with E-state index in [1.807, 2.05) is 43.3 Å². The van der Waals surface area contributed by atoms with E-state index in [0.717, 1.165) is 5.56 Å². The van der Waals surface area contributed by atoms with Gasteiger partial charge >= 0.3 is 0 Å². The van der Waals surface area contributed by atoms with E-state index in [9.17, 15) is 5.11 Å². The number of hydrogen-bond acceptors (Lipinski definition) is 2. The van der Waals surface area contributed by atoms with Gasteiger partial charge in [0.1, 0.15) is 12.4 Å². The molecule has 0 fully saturated rings. The predicted octanol–water partition coefficient (Wildman–Crippen LogP) is 3.72. The van der Waals surface area contributed by atoms with Crippen LogP contribution in [0, 0.1) is 6.92 Å². The third-order valence-corrected chi connectivity index (χ3v) is 3.23. The van der Waals surface area contributed by atoms with Crippen molar-refractivity contribution in [2.24, 2.45) is 0 Å². The highest BCUT2D eigenvalue weighted by Gasteiger charge is 2.07. The van der Waals surface area contributed by atoms with Crippen LogP contribution in [0.2, 0.25) is 5.02 Å². The Labute approximate surface area is 112 Å². The van der Waals surface area contributed by atoms with E-state index in [4.69, 9.17) is 16.3 Å². The fourth-order valence-corrected chi connectivity index (χ4v) is 1.98. The van der Waals surface area contributed by atoms with Crippen molar-refractivity contribution in [2.75, 3.05) is 0 Å². The molecule has 0 bridgehead atoms. The Balaban J connectivity index is 2.16. The number of aliphatic hydroxyl groups excluding tert-OH is 1. The number of ether oxygens (including phenoxy) is 1. The number of aliphatic hydroxyl groups is 1. The van der Waals surface area contributed by atoms with E-state index in [1.54, 1.807) is 6.07 Å². The molecule has 0 amide bonds. The van der Waals surface area contributed by atoms with E-state index in [1.165, 1.54) is 5.56 Å². The van der Waals surface area contributed by atoms with E-state index < -0.39 is 0 Å². The lowest BCUT2D eigenvalue weighted by Gasteiger charge is -2.12. The lowest BCUT2D eigenvalue weighted by atomic mass is 10.1. The maximum absolute atomic E-state index is 9.29. The molecule has 0 aliphatic heterocycles. The topological polar surface area (TPSA) is 29.5 Å². The average molecular weight is 263 g/mol. The SMILES string of the molecule is Cc1ccccc1COc1cccc(Cl)c1CO. The van der Waals surface area contributed by atoms with Gasteiger partial charge in [-0.25, -0.2) is 0 Å². The van der Waals surface area contributed by atoms with Crippen LogP contribution in [0.4, 0.5) is 0 Å². The highest BCUT2D eigenvalue weighted by molar-refractivity contribution is 6.31. The summed E-state index contributed by atoms with van der Waals surface area (Å²) in [6.07, 6.45) is 0. The minimum absolute atomic E-state index is 0.122. The summed E-state index contributed by atoms with van der Waals surface area (Å²) in [4.78, 5) is 0. The zero-order valence-corrected chi connectivity index (χ0v) is 10.9. The molecule has 0 atom stereocenters. The third-order valence-electron chi connectivity index (χ3n) is 2.88. The number of rotatable bonds is 4. The second-order valence-corrected chi connectivity index (χ2v) is 4.50. The molecule has 2 nitrogen and oxygen atoms in total. The van der Waals surface area contributed by atoms with Crippen molar-refractivity contribution in [3.8, 4) is 5.75 Å². The lowest BCUT2D eigenvalue weighted by Crippen LogP contribution is -2.00. The molecule has 0 radical (unpaired) electrons. The van der Waals surface area contributed by atoms with Crippen LogP contribution in [0.25, 0.3) is 0 Å². The van der Waals surface area contributed by atoms with Crippen molar-refractivity contribution in [1.29, 1.82) is 0 Å². The fourth-order valence-electron chi connectivity index (χ4n) is 1.76. The van der Waals surface area contributed by atoms with Gasteiger partial charge in [0.25, 0.3) is 0 Å². The van der Waals surface area contributed by atoms with Crippen LogP contribution in [-0.2, 0) is 13.2 Å². The van der Waals surface area contributed by atoms with Crippen molar-refractivity contribution >= 4 is 11.6 Å². The second kappa shape index (κ2) is 5.89. The summed E-state index contributed by atoms with van der Waals surface area (Å²) in [5, 5.41) is 9.81. The zero-order valence-electron chi connectivity index (χ0n) is 10.2. The van der Waals surface area contributed by atoms with E-state index in [0.29, 0.717) is 22.9 Å². The molecule has 0 spiro atoms. The number of aryl methyl sites for hydroxylation is 1. The first-order valence-electron chi connectivity index (χ1n) is 5.78. The van der Waals surface area contributed by atoms with Gasteiger partial charge in [0.15, 0.2) is 0 Å². The summed E-state index contributed by atoms with van der Waals surface area (Å²) in [6.45, 7) is 2.40. The molecule has 0 heterocycles. The van der Waals surface area contributed by atoms with Crippen molar-refractivity contribution in [3.05, 3.63) is 64.2 Å². The van der Waals surface area contributed by atoms with Gasteiger partial charge in [-0.3, -0.25) is 0 Å². The van der Waals surface area contributed by atoms with Gasteiger partial charge in [-0.15, -0.1) is 0 Å². The monoisotopic (exact) mass is 262 g/mol. The highest BCUT2D eigenvalue weighted by Crippen LogP contribution is 2.27. The van der Waals surface area contributed by atoms with Crippen molar-refractivity contribution in [3.63, 3.8) is 0 Å². The van der Waals surface area contributed by atoms with E-state index in [2.05, 4.69) is 0 Å². The zero-order chi connectivity index (χ0) is 13.0. The summed E-state index contributed by atoms with van der Waals surface area (Å²) in [5.41, 5.74) is 2.94. The molecule has 0 aliphatic carbocycles. The lowest BCUT2D eigenvalue weighted by molar-refractivity contribution is 0.259. The smallest absolute Gasteiger partial charge is 0.126 e. The second-order valence-electron chi connectivity index (χ2n) is 4.09. The molecule has 3 heteroatoms.